The number of benzene rings is 1. The predicted octanol–water partition coefficient (Wildman–Crippen LogP) is 2.71. The number of carbonyl (C=O) groups is 2. The van der Waals surface area contributed by atoms with Crippen molar-refractivity contribution in [3.63, 3.8) is 0 Å². The number of nitrogens with zero attached hydrogens (tertiary/aromatic N) is 3. The molecule has 2 heterocycles. The molecule has 0 radical (unpaired) electrons. The maximum Gasteiger partial charge on any atom is 0.409 e. The summed E-state index contributed by atoms with van der Waals surface area (Å²) in [5, 5.41) is 9.75. The molecule has 1 N–H and O–H groups in total. The van der Waals surface area contributed by atoms with Crippen molar-refractivity contribution in [1.29, 1.82) is 0 Å². The molecule has 3 fully saturated rings. The standard InChI is InChI=1S/C27H37N3O4/c1-4-34-25(32)30-17-15-29(16-18-30)24(31)23-19-27(23)11-13-28(14-12-27)20-22-7-5-21(6-8-22)9-10-26(2,3)33/h5-8,23,33H,4,11-20H2,1-3H3. The van der Waals surface area contributed by atoms with Gasteiger partial charge in [-0.25, -0.2) is 4.79 Å². The Morgan fingerprint density at radius 3 is 2.26 bits per heavy atom. The number of hydrogen-bond acceptors (Lipinski definition) is 5. The number of piperidine rings is 1. The minimum absolute atomic E-state index is 0.150. The monoisotopic (exact) mass is 467 g/mol. The van der Waals surface area contributed by atoms with Crippen LogP contribution in [0.2, 0.25) is 0 Å². The van der Waals surface area contributed by atoms with Crippen LogP contribution >= 0.6 is 0 Å². The van der Waals surface area contributed by atoms with Gasteiger partial charge in [-0.05, 0) is 76.2 Å². The molecular weight excluding hydrogens is 430 g/mol. The highest BCUT2D eigenvalue weighted by atomic mass is 16.6. The third-order valence-electron chi connectivity index (χ3n) is 7.33. The van der Waals surface area contributed by atoms with E-state index in [0.717, 1.165) is 44.5 Å². The zero-order chi connectivity index (χ0) is 24.3. The summed E-state index contributed by atoms with van der Waals surface area (Å²) in [6.07, 6.45) is 2.87. The Bertz CT molecular complexity index is 941. The minimum Gasteiger partial charge on any atom is -0.450 e. The van der Waals surface area contributed by atoms with Gasteiger partial charge in [0.2, 0.25) is 5.91 Å². The average molecular weight is 468 g/mol. The zero-order valence-electron chi connectivity index (χ0n) is 20.7. The van der Waals surface area contributed by atoms with Crippen LogP contribution in [0.25, 0.3) is 0 Å². The van der Waals surface area contributed by atoms with Gasteiger partial charge < -0.3 is 19.6 Å². The molecule has 1 aliphatic carbocycles. The number of hydrogen-bond donors (Lipinski definition) is 1. The molecule has 7 heteroatoms. The fraction of sp³-hybridized carbons (Fsp3) is 0.630. The van der Waals surface area contributed by atoms with E-state index in [-0.39, 0.29) is 23.3 Å². The third-order valence-corrected chi connectivity index (χ3v) is 7.33. The van der Waals surface area contributed by atoms with Crippen molar-refractivity contribution in [2.75, 3.05) is 45.9 Å². The van der Waals surface area contributed by atoms with E-state index in [1.54, 1.807) is 18.7 Å². The Morgan fingerprint density at radius 2 is 1.68 bits per heavy atom. The SMILES string of the molecule is CCOC(=O)N1CCN(C(=O)C2CC23CCN(Cc2ccc(C#CC(C)(C)O)cc2)CC3)CC1. The number of amides is 2. The molecule has 4 rings (SSSR count). The number of piperazine rings is 1. The molecule has 1 spiro atoms. The molecule has 2 saturated heterocycles. The quantitative estimate of drug-likeness (QED) is 0.690. The minimum atomic E-state index is -0.985. The second-order valence-electron chi connectivity index (χ2n) is 10.4. The normalized spacial score (nSPS) is 22.2. The topological polar surface area (TPSA) is 73.3 Å². The maximum atomic E-state index is 13.1. The zero-order valence-corrected chi connectivity index (χ0v) is 20.7. The van der Waals surface area contributed by atoms with Crippen LogP contribution in [0.3, 0.4) is 0 Å². The van der Waals surface area contributed by atoms with Crippen molar-refractivity contribution >= 4 is 12.0 Å². The Morgan fingerprint density at radius 1 is 1.06 bits per heavy atom. The van der Waals surface area contributed by atoms with E-state index >= 15 is 0 Å². The van der Waals surface area contributed by atoms with Gasteiger partial charge in [0.25, 0.3) is 0 Å². The van der Waals surface area contributed by atoms with Gasteiger partial charge in [-0.3, -0.25) is 9.69 Å². The summed E-state index contributed by atoms with van der Waals surface area (Å²) < 4.78 is 5.07. The third kappa shape index (κ3) is 5.92. The lowest BCUT2D eigenvalue weighted by Crippen LogP contribution is -2.51. The smallest absolute Gasteiger partial charge is 0.409 e. The molecule has 7 nitrogen and oxygen atoms in total. The molecule has 3 aliphatic rings. The summed E-state index contributed by atoms with van der Waals surface area (Å²) in [7, 11) is 0. The molecule has 1 atom stereocenters. The molecule has 1 saturated carbocycles. The highest BCUT2D eigenvalue weighted by molar-refractivity contribution is 5.83. The van der Waals surface area contributed by atoms with Crippen LogP contribution in [0.15, 0.2) is 24.3 Å². The van der Waals surface area contributed by atoms with Crippen LogP contribution in [0.1, 0.15) is 51.2 Å². The molecule has 2 amide bonds. The van der Waals surface area contributed by atoms with Crippen molar-refractivity contribution in [2.45, 2.75) is 52.2 Å². The Balaban J connectivity index is 1.22. The molecule has 1 aromatic rings. The Hall–Kier alpha value is -2.56. The van der Waals surface area contributed by atoms with E-state index in [0.29, 0.717) is 32.8 Å². The van der Waals surface area contributed by atoms with Gasteiger partial charge in [0.15, 0.2) is 0 Å². The largest absolute Gasteiger partial charge is 0.450 e. The summed E-state index contributed by atoms with van der Waals surface area (Å²) in [4.78, 5) is 31.1. The lowest BCUT2D eigenvalue weighted by Gasteiger charge is -2.36. The Labute approximate surface area is 203 Å². The van der Waals surface area contributed by atoms with E-state index in [1.807, 2.05) is 24.0 Å². The summed E-state index contributed by atoms with van der Waals surface area (Å²) >= 11 is 0. The summed E-state index contributed by atoms with van der Waals surface area (Å²) in [6.45, 7) is 10.8. The van der Waals surface area contributed by atoms with Gasteiger partial charge in [-0.15, -0.1) is 0 Å². The van der Waals surface area contributed by atoms with Crippen LogP contribution in [-0.4, -0.2) is 83.3 Å². The van der Waals surface area contributed by atoms with Gasteiger partial charge in [0.1, 0.15) is 5.60 Å². The van der Waals surface area contributed by atoms with Gasteiger partial charge in [-0.1, -0.05) is 24.0 Å². The van der Waals surface area contributed by atoms with Crippen LogP contribution < -0.4 is 0 Å². The van der Waals surface area contributed by atoms with E-state index in [2.05, 4.69) is 28.9 Å². The molecule has 34 heavy (non-hydrogen) atoms. The fourth-order valence-electron chi connectivity index (χ4n) is 5.13. The van der Waals surface area contributed by atoms with Gasteiger partial charge >= 0.3 is 6.09 Å². The maximum absolute atomic E-state index is 13.1. The summed E-state index contributed by atoms with van der Waals surface area (Å²) in [6, 6.07) is 8.24. The number of aliphatic hydroxyl groups is 1. The molecule has 0 bridgehead atoms. The first-order valence-corrected chi connectivity index (χ1v) is 12.5. The fourth-order valence-corrected chi connectivity index (χ4v) is 5.13. The lowest BCUT2D eigenvalue weighted by atomic mass is 9.90. The van der Waals surface area contributed by atoms with E-state index in [4.69, 9.17) is 4.74 Å². The van der Waals surface area contributed by atoms with Gasteiger partial charge in [-0.2, -0.15) is 0 Å². The van der Waals surface area contributed by atoms with Crippen LogP contribution in [0, 0.1) is 23.2 Å². The van der Waals surface area contributed by atoms with Crippen molar-refractivity contribution in [3.8, 4) is 11.8 Å². The van der Waals surface area contributed by atoms with Crippen molar-refractivity contribution < 1.29 is 19.4 Å². The van der Waals surface area contributed by atoms with Crippen molar-refractivity contribution in [1.82, 2.24) is 14.7 Å². The molecule has 1 unspecified atom stereocenters. The highest BCUT2D eigenvalue weighted by Gasteiger charge is 2.59. The summed E-state index contributed by atoms with van der Waals surface area (Å²) in [5.41, 5.74) is 1.36. The van der Waals surface area contributed by atoms with Gasteiger partial charge in [0.05, 0.1) is 6.61 Å². The predicted molar refractivity (Wildman–Crippen MR) is 130 cm³/mol. The lowest BCUT2D eigenvalue weighted by molar-refractivity contribution is -0.135. The summed E-state index contributed by atoms with van der Waals surface area (Å²) in [5.74, 6) is 6.29. The highest BCUT2D eigenvalue weighted by Crippen LogP contribution is 2.60. The van der Waals surface area contributed by atoms with Crippen molar-refractivity contribution in [3.05, 3.63) is 35.4 Å². The second-order valence-corrected chi connectivity index (χ2v) is 10.4. The van der Waals surface area contributed by atoms with E-state index in [1.165, 1.54) is 5.56 Å². The number of likely N-dealkylation sites (tertiary alicyclic amines) is 1. The molecule has 0 aromatic heterocycles. The van der Waals surface area contributed by atoms with E-state index in [9.17, 15) is 14.7 Å². The first kappa shape index (κ1) is 24.6. The number of carbonyl (C=O) groups excluding carboxylic acids is 2. The van der Waals surface area contributed by atoms with Crippen LogP contribution in [-0.2, 0) is 16.1 Å². The first-order valence-electron chi connectivity index (χ1n) is 12.5. The van der Waals surface area contributed by atoms with Crippen LogP contribution in [0.4, 0.5) is 4.79 Å². The molecular formula is C27H37N3O4. The number of ether oxygens (including phenoxy) is 1. The van der Waals surface area contributed by atoms with E-state index < -0.39 is 5.60 Å². The molecule has 184 valence electrons. The molecule has 1 aromatic carbocycles. The van der Waals surface area contributed by atoms with Crippen LogP contribution in [0.5, 0.6) is 0 Å². The number of rotatable bonds is 4. The Kier molecular flexibility index (Phi) is 7.20. The van der Waals surface area contributed by atoms with Crippen molar-refractivity contribution in [2.24, 2.45) is 11.3 Å². The first-order chi connectivity index (χ1) is 16.2. The second kappa shape index (κ2) is 9.97. The van der Waals surface area contributed by atoms with Gasteiger partial charge in [0, 0.05) is 44.2 Å². The average Bonchev–Trinajstić information content (AvgIpc) is 3.53. The molecule has 2 aliphatic heterocycles.